The van der Waals surface area contributed by atoms with Crippen molar-refractivity contribution < 1.29 is 4.79 Å². The largest absolute Gasteiger partial charge is 0.338 e. The molecule has 14 heavy (non-hydrogen) atoms. The average Bonchev–Trinajstić information content (AvgIpc) is 2.47. The maximum Gasteiger partial charge on any atom is 0.223 e. The summed E-state index contributed by atoms with van der Waals surface area (Å²) in [6.07, 6.45) is 0.715. The molecule has 0 radical (unpaired) electrons. The molecule has 0 aromatic heterocycles. The number of carbonyl (C=O) groups is 1. The van der Waals surface area contributed by atoms with E-state index in [-0.39, 0.29) is 0 Å². The van der Waals surface area contributed by atoms with E-state index >= 15 is 0 Å². The van der Waals surface area contributed by atoms with Crippen molar-refractivity contribution in [2.24, 2.45) is 5.92 Å². The molecule has 0 bridgehead atoms. The first-order valence-corrected chi connectivity index (χ1v) is 5.07. The van der Waals surface area contributed by atoms with Crippen LogP contribution in [-0.2, 0) is 11.3 Å². The molecule has 1 aliphatic rings. The predicted octanol–water partition coefficient (Wildman–Crippen LogP) is 2.05. The first-order chi connectivity index (χ1) is 6.75. The molecule has 0 unspecified atom stereocenters. The molecule has 1 aliphatic heterocycles. The smallest absolute Gasteiger partial charge is 0.223 e. The van der Waals surface area contributed by atoms with Crippen molar-refractivity contribution in [3.05, 3.63) is 35.9 Å². The number of amides is 1. The van der Waals surface area contributed by atoms with Gasteiger partial charge in [0.05, 0.1) is 0 Å². The Morgan fingerprint density at radius 3 is 2.64 bits per heavy atom. The number of benzene rings is 1. The number of hydrogen-bond donors (Lipinski definition) is 0. The second kappa shape index (κ2) is 3.82. The zero-order valence-electron chi connectivity index (χ0n) is 8.44. The SMILES string of the molecule is C[C@H]1CC(=O)N(Cc2ccccc2)C1. The van der Waals surface area contributed by atoms with Gasteiger partial charge in [0.1, 0.15) is 0 Å². The van der Waals surface area contributed by atoms with Crippen LogP contribution in [0.3, 0.4) is 0 Å². The Balaban J connectivity index is 2.02. The van der Waals surface area contributed by atoms with Gasteiger partial charge < -0.3 is 4.90 Å². The molecule has 1 fully saturated rings. The number of rotatable bonds is 2. The van der Waals surface area contributed by atoms with Crippen LogP contribution >= 0.6 is 0 Å². The highest BCUT2D eigenvalue weighted by Gasteiger charge is 2.25. The lowest BCUT2D eigenvalue weighted by Gasteiger charge is -2.15. The molecule has 1 amide bonds. The quantitative estimate of drug-likeness (QED) is 0.697. The summed E-state index contributed by atoms with van der Waals surface area (Å²) in [5, 5.41) is 0. The summed E-state index contributed by atoms with van der Waals surface area (Å²) in [7, 11) is 0. The molecule has 0 N–H and O–H groups in total. The van der Waals surface area contributed by atoms with Gasteiger partial charge in [-0.3, -0.25) is 4.79 Å². The topological polar surface area (TPSA) is 20.3 Å². The van der Waals surface area contributed by atoms with E-state index in [1.807, 2.05) is 23.1 Å². The number of hydrogen-bond acceptors (Lipinski definition) is 1. The summed E-state index contributed by atoms with van der Waals surface area (Å²) in [5.41, 5.74) is 1.22. The highest BCUT2D eigenvalue weighted by Crippen LogP contribution is 2.18. The van der Waals surface area contributed by atoms with E-state index in [0.29, 0.717) is 18.2 Å². The minimum atomic E-state index is 0.293. The fourth-order valence-corrected chi connectivity index (χ4v) is 1.93. The lowest BCUT2D eigenvalue weighted by Crippen LogP contribution is -2.24. The van der Waals surface area contributed by atoms with Crippen LogP contribution in [0.4, 0.5) is 0 Å². The Kier molecular flexibility index (Phi) is 2.53. The van der Waals surface area contributed by atoms with Gasteiger partial charge in [0.25, 0.3) is 0 Å². The molecule has 1 saturated heterocycles. The third-order valence-electron chi connectivity index (χ3n) is 2.62. The molecule has 0 saturated carbocycles. The summed E-state index contributed by atoms with van der Waals surface area (Å²) in [6.45, 7) is 3.81. The van der Waals surface area contributed by atoms with Crippen LogP contribution in [0.5, 0.6) is 0 Å². The molecule has 2 heteroatoms. The first kappa shape index (κ1) is 9.25. The lowest BCUT2D eigenvalue weighted by molar-refractivity contribution is -0.128. The van der Waals surface area contributed by atoms with Gasteiger partial charge in [-0.25, -0.2) is 0 Å². The molecule has 1 atom stereocenters. The molecule has 0 aliphatic carbocycles. The van der Waals surface area contributed by atoms with Crippen molar-refractivity contribution in [3.63, 3.8) is 0 Å². The number of likely N-dealkylation sites (tertiary alicyclic amines) is 1. The fourth-order valence-electron chi connectivity index (χ4n) is 1.93. The van der Waals surface area contributed by atoms with Gasteiger partial charge in [-0.1, -0.05) is 37.3 Å². The number of nitrogens with zero attached hydrogens (tertiary/aromatic N) is 1. The Morgan fingerprint density at radius 1 is 1.36 bits per heavy atom. The maximum absolute atomic E-state index is 11.5. The van der Waals surface area contributed by atoms with E-state index in [1.165, 1.54) is 5.56 Å². The van der Waals surface area contributed by atoms with E-state index in [4.69, 9.17) is 0 Å². The number of carbonyl (C=O) groups excluding carboxylic acids is 1. The first-order valence-electron chi connectivity index (χ1n) is 5.07. The normalized spacial score (nSPS) is 21.6. The lowest BCUT2D eigenvalue weighted by atomic mass is 10.2. The monoisotopic (exact) mass is 189 g/mol. The van der Waals surface area contributed by atoms with E-state index in [1.54, 1.807) is 0 Å². The van der Waals surface area contributed by atoms with Crippen LogP contribution in [0.1, 0.15) is 18.9 Å². The minimum Gasteiger partial charge on any atom is -0.338 e. The highest BCUT2D eigenvalue weighted by molar-refractivity contribution is 5.78. The van der Waals surface area contributed by atoms with Crippen molar-refractivity contribution in [1.82, 2.24) is 4.90 Å². The van der Waals surface area contributed by atoms with E-state index in [2.05, 4.69) is 19.1 Å². The second-order valence-corrected chi connectivity index (χ2v) is 4.07. The Labute approximate surface area is 84.5 Å². The van der Waals surface area contributed by atoms with Gasteiger partial charge in [0, 0.05) is 19.5 Å². The molecule has 2 nitrogen and oxygen atoms in total. The highest BCUT2D eigenvalue weighted by atomic mass is 16.2. The van der Waals surface area contributed by atoms with Gasteiger partial charge in [0.2, 0.25) is 5.91 Å². The van der Waals surface area contributed by atoms with E-state index < -0.39 is 0 Å². The second-order valence-electron chi connectivity index (χ2n) is 4.07. The summed E-state index contributed by atoms with van der Waals surface area (Å²) in [4.78, 5) is 13.5. The predicted molar refractivity (Wildman–Crippen MR) is 55.6 cm³/mol. The summed E-state index contributed by atoms with van der Waals surface area (Å²) < 4.78 is 0. The van der Waals surface area contributed by atoms with Gasteiger partial charge in [-0.2, -0.15) is 0 Å². The van der Waals surface area contributed by atoms with Crippen molar-refractivity contribution >= 4 is 5.91 Å². The van der Waals surface area contributed by atoms with Crippen LogP contribution < -0.4 is 0 Å². The van der Waals surface area contributed by atoms with Crippen LogP contribution in [0.25, 0.3) is 0 Å². The molecule has 1 aromatic carbocycles. The Hall–Kier alpha value is -1.31. The van der Waals surface area contributed by atoms with Crippen LogP contribution in [0, 0.1) is 5.92 Å². The Bertz CT molecular complexity index is 320. The Morgan fingerprint density at radius 2 is 2.07 bits per heavy atom. The zero-order valence-corrected chi connectivity index (χ0v) is 8.44. The third-order valence-corrected chi connectivity index (χ3v) is 2.62. The standard InChI is InChI=1S/C12H15NO/c1-10-7-12(14)13(8-10)9-11-5-3-2-4-6-11/h2-6,10H,7-9H2,1H3/t10-/m0/s1. The van der Waals surface area contributed by atoms with Crippen molar-refractivity contribution in [2.75, 3.05) is 6.54 Å². The molecular weight excluding hydrogens is 174 g/mol. The fraction of sp³-hybridized carbons (Fsp3) is 0.417. The third kappa shape index (κ3) is 1.95. The summed E-state index contributed by atoms with van der Waals surface area (Å²) >= 11 is 0. The molecule has 0 spiro atoms. The summed E-state index contributed by atoms with van der Waals surface area (Å²) in [5.74, 6) is 0.813. The van der Waals surface area contributed by atoms with Crippen LogP contribution in [0.2, 0.25) is 0 Å². The van der Waals surface area contributed by atoms with Crippen molar-refractivity contribution in [1.29, 1.82) is 0 Å². The van der Waals surface area contributed by atoms with Crippen LogP contribution in [-0.4, -0.2) is 17.4 Å². The van der Waals surface area contributed by atoms with Crippen molar-refractivity contribution in [3.8, 4) is 0 Å². The van der Waals surface area contributed by atoms with Gasteiger partial charge >= 0.3 is 0 Å². The van der Waals surface area contributed by atoms with Gasteiger partial charge in [-0.15, -0.1) is 0 Å². The molecule has 1 heterocycles. The van der Waals surface area contributed by atoms with Gasteiger partial charge in [0.15, 0.2) is 0 Å². The van der Waals surface area contributed by atoms with E-state index in [9.17, 15) is 4.79 Å². The molecular formula is C12H15NO. The summed E-state index contributed by atoms with van der Waals surface area (Å²) in [6, 6.07) is 10.2. The molecule has 74 valence electrons. The molecule has 2 rings (SSSR count). The van der Waals surface area contributed by atoms with E-state index in [0.717, 1.165) is 13.1 Å². The average molecular weight is 189 g/mol. The maximum atomic E-state index is 11.5. The van der Waals surface area contributed by atoms with Gasteiger partial charge in [-0.05, 0) is 11.5 Å². The zero-order chi connectivity index (χ0) is 9.97. The van der Waals surface area contributed by atoms with Crippen LogP contribution in [0.15, 0.2) is 30.3 Å². The minimum absolute atomic E-state index is 0.293. The molecule has 1 aromatic rings. The van der Waals surface area contributed by atoms with Crippen molar-refractivity contribution in [2.45, 2.75) is 19.9 Å².